The molecule has 2 heterocycles. The van der Waals surface area contributed by atoms with Crippen molar-refractivity contribution < 1.29 is 19.8 Å². The lowest BCUT2D eigenvalue weighted by Crippen LogP contribution is -2.05. The molecular formula is C10H6ClNO4. The van der Waals surface area contributed by atoms with Crippen molar-refractivity contribution in [3.63, 3.8) is 0 Å². The van der Waals surface area contributed by atoms with Crippen LogP contribution < -0.4 is 0 Å². The molecule has 2 aromatic rings. The van der Waals surface area contributed by atoms with E-state index >= 15 is 0 Å². The van der Waals surface area contributed by atoms with Gasteiger partial charge in [-0.25, -0.2) is 9.59 Å². The maximum absolute atomic E-state index is 11.0. The highest BCUT2D eigenvalue weighted by molar-refractivity contribution is 6.34. The molecule has 5 nitrogen and oxygen atoms in total. The van der Waals surface area contributed by atoms with Crippen LogP contribution in [0.1, 0.15) is 20.7 Å². The van der Waals surface area contributed by atoms with E-state index in [1.165, 1.54) is 16.7 Å². The first-order valence-corrected chi connectivity index (χ1v) is 4.67. The summed E-state index contributed by atoms with van der Waals surface area (Å²) < 4.78 is 1.33. The Morgan fingerprint density at radius 3 is 2.31 bits per heavy atom. The molecular weight excluding hydrogens is 234 g/mol. The van der Waals surface area contributed by atoms with Gasteiger partial charge in [0.1, 0.15) is 16.3 Å². The number of carboxylic acids is 2. The van der Waals surface area contributed by atoms with Crippen LogP contribution in [-0.4, -0.2) is 26.6 Å². The van der Waals surface area contributed by atoms with Crippen LogP contribution in [0, 0.1) is 0 Å². The molecule has 0 amide bonds. The number of aromatic carboxylic acids is 2. The lowest BCUT2D eigenvalue weighted by Gasteiger charge is -1.94. The van der Waals surface area contributed by atoms with E-state index in [1.807, 2.05) is 0 Å². The molecule has 0 saturated heterocycles. The minimum atomic E-state index is -1.36. The molecule has 82 valence electrons. The van der Waals surface area contributed by atoms with Crippen LogP contribution in [0.5, 0.6) is 0 Å². The average Bonchev–Trinajstić information content (AvgIpc) is 2.53. The molecule has 0 saturated carbocycles. The summed E-state index contributed by atoms with van der Waals surface area (Å²) in [7, 11) is 0. The average molecular weight is 240 g/mol. The van der Waals surface area contributed by atoms with Gasteiger partial charge in [-0.3, -0.25) is 0 Å². The fourth-order valence-electron chi connectivity index (χ4n) is 1.58. The number of rotatable bonds is 2. The fraction of sp³-hybridized carbons (Fsp3) is 0. The normalized spacial score (nSPS) is 10.6. The zero-order valence-electron chi connectivity index (χ0n) is 7.85. The number of carbonyl (C=O) groups is 2. The van der Waals surface area contributed by atoms with Gasteiger partial charge in [0.05, 0.1) is 5.52 Å². The van der Waals surface area contributed by atoms with E-state index in [2.05, 4.69) is 0 Å². The quantitative estimate of drug-likeness (QED) is 0.840. The number of hydrogen-bond donors (Lipinski definition) is 2. The van der Waals surface area contributed by atoms with Gasteiger partial charge in [-0.1, -0.05) is 17.7 Å². The molecule has 0 spiro atoms. The van der Waals surface area contributed by atoms with Crippen LogP contribution in [0.25, 0.3) is 5.52 Å². The largest absolute Gasteiger partial charge is 0.478 e. The number of aromatic nitrogens is 1. The highest BCUT2D eigenvalue weighted by atomic mass is 35.5. The van der Waals surface area contributed by atoms with Crippen LogP contribution >= 0.6 is 11.6 Å². The van der Waals surface area contributed by atoms with Crippen LogP contribution in [0.15, 0.2) is 24.4 Å². The van der Waals surface area contributed by atoms with E-state index in [4.69, 9.17) is 21.8 Å². The van der Waals surface area contributed by atoms with Crippen LogP contribution in [0.2, 0.25) is 5.15 Å². The fourth-order valence-corrected chi connectivity index (χ4v) is 1.90. The number of hydrogen-bond acceptors (Lipinski definition) is 2. The number of fused-ring (bicyclic) bond motifs is 1. The van der Waals surface area contributed by atoms with Gasteiger partial charge < -0.3 is 14.6 Å². The van der Waals surface area contributed by atoms with Crippen molar-refractivity contribution in [2.24, 2.45) is 0 Å². The Hall–Kier alpha value is -2.01. The summed E-state index contributed by atoms with van der Waals surface area (Å²) in [5.41, 5.74) is -0.420. The van der Waals surface area contributed by atoms with E-state index in [9.17, 15) is 9.59 Å². The highest BCUT2D eigenvalue weighted by Gasteiger charge is 2.26. The minimum Gasteiger partial charge on any atom is -0.478 e. The Labute approximate surface area is 94.5 Å². The zero-order chi connectivity index (χ0) is 11.9. The second-order valence-corrected chi connectivity index (χ2v) is 3.47. The third kappa shape index (κ3) is 1.33. The summed E-state index contributed by atoms with van der Waals surface area (Å²) in [5.74, 6) is -2.67. The Morgan fingerprint density at radius 2 is 1.75 bits per heavy atom. The Kier molecular flexibility index (Phi) is 2.32. The molecule has 0 aromatic carbocycles. The van der Waals surface area contributed by atoms with Crippen LogP contribution in [0.3, 0.4) is 0 Å². The molecule has 0 unspecified atom stereocenters. The summed E-state index contributed by atoms with van der Waals surface area (Å²) in [6.07, 6.45) is 1.51. The molecule has 16 heavy (non-hydrogen) atoms. The summed E-state index contributed by atoms with van der Waals surface area (Å²) >= 11 is 5.82. The van der Waals surface area contributed by atoms with Gasteiger partial charge in [0.2, 0.25) is 0 Å². The second-order valence-electron chi connectivity index (χ2n) is 3.11. The maximum atomic E-state index is 11.0. The van der Waals surface area contributed by atoms with Gasteiger partial charge in [0.25, 0.3) is 0 Å². The van der Waals surface area contributed by atoms with Gasteiger partial charge in [0.15, 0.2) is 0 Å². The lowest BCUT2D eigenvalue weighted by molar-refractivity contribution is 0.0654. The maximum Gasteiger partial charge on any atom is 0.339 e. The zero-order valence-corrected chi connectivity index (χ0v) is 8.60. The number of halogens is 1. The van der Waals surface area contributed by atoms with Gasteiger partial charge in [-0.2, -0.15) is 0 Å². The smallest absolute Gasteiger partial charge is 0.339 e. The van der Waals surface area contributed by atoms with Gasteiger partial charge in [-0.15, -0.1) is 0 Å². The third-order valence-electron chi connectivity index (χ3n) is 2.21. The SMILES string of the molecule is O=C(O)c1c(C(=O)O)c2ccccn2c1Cl. The molecule has 0 bridgehead atoms. The highest BCUT2D eigenvalue weighted by Crippen LogP contribution is 2.27. The standard InChI is InChI=1S/C10H6ClNO4/c11-8-7(10(15)16)6(9(13)14)5-3-1-2-4-12(5)8/h1-4H,(H,13,14)(H,15,16). The van der Waals surface area contributed by atoms with Crippen molar-refractivity contribution in [3.05, 3.63) is 40.7 Å². The van der Waals surface area contributed by atoms with Crippen molar-refractivity contribution >= 4 is 29.1 Å². The first kappa shape index (κ1) is 10.5. The van der Waals surface area contributed by atoms with Gasteiger partial charge in [-0.05, 0) is 12.1 Å². The van der Waals surface area contributed by atoms with Gasteiger partial charge in [0, 0.05) is 6.20 Å². The molecule has 0 atom stereocenters. The van der Waals surface area contributed by atoms with E-state index in [0.717, 1.165) is 0 Å². The molecule has 0 radical (unpaired) electrons. The summed E-state index contributed by atoms with van der Waals surface area (Å²) in [6, 6.07) is 4.75. The first-order chi connectivity index (χ1) is 7.54. The number of carboxylic acid groups (broad SMARTS) is 2. The molecule has 0 fully saturated rings. The lowest BCUT2D eigenvalue weighted by atomic mass is 10.1. The summed E-state index contributed by atoms with van der Waals surface area (Å²) in [4.78, 5) is 22.0. The molecule has 2 rings (SSSR count). The number of nitrogens with zero attached hydrogens (tertiary/aromatic N) is 1. The molecule has 0 aliphatic rings. The molecule has 6 heteroatoms. The van der Waals surface area contributed by atoms with Crippen LogP contribution in [-0.2, 0) is 0 Å². The molecule has 0 aliphatic carbocycles. The molecule has 0 aliphatic heterocycles. The number of pyridine rings is 1. The van der Waals surface area contributed by atoms with E-state index in [0.29, 0.717) is 0 Å². The van der Waals surface area contributed by atoms with Gasteiger partial charge >= 0.3 is 11.9 Å². The van der Waals surface area contributed by atoms with E-state index in [-0.39, 0.29) is 21.8 Å². The summed E-state index contributed by atoms with van der Waals surface area (Å²) in [5, 5.41) is 17.8. The minimum absolute atomic E-state index is 0.111. The van der Waals surface area contributed by atoms with E-state index in [1.54, 1.807) is 12.1 Å². The van der Waals surface area contributed by atoms with Crippen LogP contribution in [0.4, 0.5) is 0 Å². The molecule has 2 N–H and O–H groups in total. The van der Waals surface area contributed by atoms with Crippen molar-refractivity contribution in [3.8, 4) is 0 Å². The predicted molar refractivity (Wildman–Crippen MR) is 56.3 cm³/mol. The van der Waals surface area contributed by atoms with E-state index < -0.39 is 11.9 Å². The molecule has 2 aromatic heterocycles. The first-order valence-electron chi connectivity index (χ1n) is 4.29. The van der Waals surface area contributed by atoms with Crippen molar-refractivity contribution in [1.29, 1.82) is 0 Å². The van der Waals surface area contributed by atoms with Crippen molar-refractivity contribution in [2.45, 2.75) is 0 Å². The Bertz CT molecular complexity index is 602. The monoisotopic (exact) mass is 239 g/mol. The summed E-state index contributed by atoms with van der Waals surface area (Å²) in [6.45, 7) is 0. The second kappa shape index (κ2) is 3.53. The predicted octanol–water partition coefficient (Wildman–Crippen LogP) is 1.99. The van der Waals surface area contributed by atoms with Crippen molar-refractivity contribution in [2.75, 3.05) is 0 Å². The topological polar surface area (TPSA) is 79.0 Å². The third-order valence-corrected chi connectivity index (χ3v) is 2.58. The van der Waals surface area contributed by atoms with Crippen molar-refractivity contribution in [1.82, 2.24) is 4.40 Å². The Balaban J connectivity index is 2.97. The Morgan fingerprint density at radius 1 is 1.12 bits per heavy atom.